The van der Waals surface area contributed by atoms with E-state index in [0.29, 0.717) is 19.1 Å². The summed E-state index contributed by atoms with van der Waals surface area (Å²) in [5.41, 5.74) is 7.91. The largest absolute Gasteiger partial charge is 0.496 e. The fourth-order valence-electron chi connectivity index (χ4n) is 1.57. The van der Waals surface area contributed by atoms with Crippen molar-refractivity contribution < 1.29 is 9.47 Å². The van der Waals surface area contributed by atoms with E-state index in [4.69, 9.17) is 15.2 Å². The highest BCUT2D eigenvalue weighted by Crippen LogP contribution is 2.25. The quantitative estimate of drug-likeness (QED) is 0.827. The number of methoxy groups -OCH3 is 1. The minimum Gasteiger partial charge on any atom is -0.496 e. The molecule has 3 nitrogen and oxygen atoms in total. The lowest BCUT2D eigenvalue weighted by Crippen LogP contribution is -2.19. The van der Waals surface area contributed by atoms with E-state index in [0.717, 1.165) is 11.3 Å². The molecule has 1 unspecified atom stereocenters. The zero-order valence-corrected chi connectivity index (χ0v) is 11.2. The molecule has 0 amide bonds. The number of hydrogen-bond acceptors (Lipinski definition) is 3. The molecule has 0 fully saturated rings. The van der Waals surface area contributed by atoms with Crippen molar-refractivity contribution in [3.8, 4) is 5.75 Å². The molecule has 0 spiro atoms. The molecular formula is C14H23NO2. The van der Waals surface area contributed by atoms with Crippen molar-refractivity contribution in [2.45, 2.75) is 39.4 Å². The molecule has 0 aliphatic carbocycles. The number of nitrogens with two attached hydrogens (primary N) is 1. The summed E-state index contributed by atoms with van der Waals surface area (Å²) in [6.07, 6.45) is 0.0717. The molecule has 0 saturated carbocycles. The maximum absolute atomic E-state index is 5.65. The van der Waals surface area contributed by atoms with Gasteiger partial charge in [0.15, 0.2) is 0 Å². The Kier molecular flexibility index (Phi) is 5.45. The van der Waals surface area contributed by atoms with E-state index >= 15 is 0 Å². The molecule has 0 heterocycles. The predicted octanol–water partition coefficient (Wildman–Crippen LogP) is 2.68. The monoisotopic (exact) mass is 237 g/mol. The lowest BCUT2D eigenvalue weighted by molar-refractivity contribution is 0.0577. The maximum Gasteiger partial charge on any atom is 0.124 e. The number of benzene rings is 1. The normalized spacial score (nSPS) is 12.8. The summed E-state index contributed by atoms with van der Waals surface area (Å²) in [7, 11) is 1.68. The average Bonchev–Trinajstić information content (AvgIpc) is 2.35. The highest BCUT2D eigenvalue weighted by atomic mass is 16.5. The zero-order chi connectivity index (χ0) is 12.8. The number of hydrogen-bond donors (Lipinski definition) is 1. The van der Waals surface area contributed by atoms with Gasteiger partial charge in [-0.05, 0) is 30.5 Å². The van der Waals surface area contributed by atoms with E-state index < -0.39 is 0 Å². The van der Waals surface area contributed by atoms with E-state index in [1.54, 1.807) is 7.11 Å². The summed E-state index contributed by atoms with van der Waals surface area (Å²) in [5.74, 6) is 1.38. The fourth-order valence-corrected chi connectivity index (χ4v) is 1.57. The van der Waals surface area contributed by atoms with Gasteiger partial charge in [-0.25, -0.2) is 0 Å². The van der Waals surface area contributed by atoms with Gasteiger partial charge in [-0.2, -0.15) is 0 Å². The number of rotatable bonds is 6. The van der Waals surface area contributed by atoms with Crippen LogP contribution in [-0.2, 0) is 11.3 Å². The standard InChI is InChI=1S/C14H23NO2/c1-10(2)12-5-6-14(16-4)13(7-12)9-17-11(3)8-15/h5-7,10-11H,8-9,15H2,1-4H3. The molecular weight excluding hydrogens is 214 g/mol. The van der Waals surface area contributed by atoms with Gasteiger partial charge in [-0.15, -0.1) is 0 Å². The third kappa shape index (κ3) is 4.02. The van der Waals surface area contributed by atoms with Crippen LogP contribution in [0.2, 0.25) is 0 Å². The maximum atomic E-state index is 5.65. The van der Waals surface area contributed by atoms with E-state index in [2.05, 4.69) is 26.0 Å². The second kappa shape index (κ2) is 6.62. The van der Waals surface area contributed by atoms with Crippen LogP contribution < -0.4 is 10.5 Å². The molecule has 1 rings (SSSR count). The van der Waals surface area contributed by atoms with Gasteiger partial charge >= 0.3 is 0 Å². The molecule has 0 bridgehead atoms. The molecule has 3 heteroatoms. The van der Waals surface area contributed by atoms with Gasteiger partial charge < -0.3 is 15.2 Å². The Morgan fingerprint density at radius 3 is 2.47 bits per heavy atom. The molecule has 0 aliphatic heterocycles. The van der Waals surface area contributed by atoms with Gasteiger partial charge in [0.1, 0.15) is 5.75 Å². The molecule has 0 aliphatic rings. The average molecular weight is 237 g/mol. The van der Waals surface area contributed by atoms with Gasteiger partial charge in [0, 0.05) is 12.1 Å². The van der Waals surface area contributed by atoms with Crippen LogP contribution in [0.3, 0.4) is 0 Å². The molecule has 17 heavy (non-hydrogen) atoms. The highest BCUT2D eigenvalue weighted by Gasteiger charge is 2.08. The number of ether oxygens (including phenoxy) is 2. The summed E-state index contributed by atoms with van der Waals surface area (Å²) in [5, 5.41) is 0. The molecule has 0 saturated heterocycles. The first-order valence-electron chi connectivity index (χ1n) is 6.07. The van der Waals surface area contributed by atoms with Crippen LogP contribution in [0.15, 0.2) is 18.2 Å². The lowest BCUT2D eigenvalue weighted by atomic mass is 10.0. The fraction of sp³-hybridized carbons (Fsp3) is 0.571. The molecule has 1 aromatic rings. The minimum absolute atomic E-state index is 0.0717. The summed E-state index contributed by atoms with van der Waals surface area (Å²) < 4.78 is 11.0. The molecule has 0 radical (unpaired) electrons. The predicted molar refractivity (Wildman–Crippen MR) is 70.4 cm³/mol. The van der Waals surface area contributed by atoms with Gasteiger partial charge in [-0.1, -0.05) is 19.9 Å². The van der Waals surface area contributed by atoms with Crippen LogP contribution in [0.25, 0.3) is 0 Å². The first kappa shape index (κ1) is 14.0. The van der Waals surface area contributed by atoms with Crippen LogP contribution in [-0.4, -0.2) is 19.8 Å². The Hall–Kier alpha value is -1.06. The van der Waals surface area contributed by atoms with Gasteiger partial charge in [-0.3, -0.25) is 0 Å². The molecule has 96 valence electrons. The van der Waals surface area contributed by atoms with Crippen LogP contribution in [0.1, 0.15) is 37.8 Å². The van der Waals surface area contributed by atoms with Gasteiger partial charge in [0.25, 0.3) is 0 Å². The minimum atomic E-state index is 0.0717. The van der Waals surface area contributed by atoms with E-state index in [-0.39, 0.29) is 6.10 Å². The van der Waals surface area contributed by atoms with Crippen molar-refractivity contribution in [1.29, 1.82) is 0 Å². The van der Waals surface area contributed by atoms with Crippen molar-refractivity contribution in [2.24, 2.45) is 5.73 Å². The Labute approximate surface area is 104 Å². The first-order valence-corrected chi connectivity index (χ1v) is 6.07. The van der Waals surface area contributed by atoms with Crippen molar-refractivity contribution in [2.75, 3.05) is 13.7 Å². The summed E-state index contributed by atoms with van der Waals surface area (Å²) in [6, 6.07) is 6.24. The van der Waals surface area contributed by atoms with E-state index in [1.165, 1.54) is 5.56 Å². The lowest BCUT2D eigenvalue weighted by Gasteiger charge is -2.15. The van der Waals surface area contributed by atoms with E-state index in [9.17, 15) is 0 Å². The van der Waals surface area contributed by atoms with Crippen molar-refractivity contribution in [3.63, 3.8) is 0 Å². The van der Waals surface area contributed by atoms with Gasteiger partial charge in [0.2, 0.25) is 0 Å². The van der Waals surface area contributed by atoms with Crippen molar-refractivity contribution in [3.05, 3.63) is 29.3 Å². The highest BCUT2D eigenvalue weighted by molar-refractivity contribution is 5.38. The third-order valence-electron chi connectivity index (χ3n) is 2.83. The molecule has 1 aromatic carbocycles. The topological polar surface area (TPSA) is 44.5 Å². The smallest absolute Gasteiger partial charge is 0.124 e. The molecule has 0 aromatic heterocycles. The van der Waals surface area contributed by atoms with Crippen LogP contribution in [0, 0.1) is 0 Å². The van der Waals surface area contributed by atoms with Gasteiger partial charge in [0.05, 0.1) is 19.8 Å². The molecule has 2 N–H and O–H groups in total. The Morgan fingerprint density at radius 2 is 1.94 bits per heavy atom. The second-order valence-corrected chi connectivity index (χ2v) is 4.58. The SMILES string of the molecule is COc1ccc(C(C)C)cc1COC(C)CN. The summed E-state index contributed by atoms with van der Waals surface area (Å²) in [4.78, 5) is 0. The third-order valence-corrected chi connectivity index (χ3v) is 2.83. The Bertz CT molecular complexity index is 350. The molecule has 1 atom stereocenters. The van der Waals surface area contributed by atoms with Crippen LogP contribution in [0.5, 0.6) is 5.75 Å². The Balaban J connectivity index is 2.82. The van der Waals surface area contributed by atoms with Crippen LogP contribution >= 0.6 is 0 Å². The Morgan fingerprint density at radius 1 is 1.24 bits per heavy atom. The summed E-state index contributed by atoms with van der Waals surface area (Å²) in [6.45, 7) is 7.40. The second-order valence-electron chi connectivity index (χ2n) is 4.58. The summed E-state index contributed by atoms with van der Waals surface area (Å²) >= 11 is 0. The van der Waals surface area contributed by atoms with Crippen LogP contribution in [0.4, 0.5) is 0 Å². The zero-order valence-electron chi connectivity index (χ0n) is 11.2. The first-order chi connectivity index (χ1) is 8.08. The van der Waals surface area contributed by atoms with E-state index in [1.807, 2.05) is 13.0 Å². The van der Waals surface area contributed by atoms with Crippen molar-refractivity contribution >= 4 is 0 Å². The van der Waals surface area contributed by atoms with Crippen molar-refractivity contribution in [1.82, 2.24) is 0 Å².